The van der Waals surface area contributed by atoms with Gasteiger partial charge in [-0.25, -0.2) is 9.18 Å². The highest BCUT2D eigenvalue weighted by molar-refractivity contribution is 7.80. The molecule has 0 bridgehead atoms. The van der Waals surface area contributed by atoms with E-state index in [-0.39, 0.29) is 11.0 Å². The average molecular weight is 269 g/mol. The number of benzene rings is 1. The highest BCUT2D eigenvalue weighted by Gasteiger charge is 2.21. The number of halogens is 1. The Hall–Kier alpha value is -1.07. The molecular formula is C13H16FNO2S. The zero-order chi connectivity index (χ0) is 13.1. The highest BCUT2D eigenvalue weighted by Crippen LogP contribution is 2.18. The second-order valence-electron chi connectivity index (χ2n) is 4.57. The smallest absolute Gasteiger partial charge is 0.338 e. The first-order valence-corrected chi connectivity index (χ1v) is 6.39. The quantitative estimate of drug-likeness (QED) is 0.660. The number of nitrogens with zero attached hydrogens (tertiary/aromatic N) is 1. The molecule has 0 atom stereocenters. The molecule has 0 saturated carbocycles. The maximum Gasteiger partial charge on any atom is 0.338 e. The second-order valence-corrected chi connectivity index (χ2v) is 5.06. The number of likely N-dealkylation sites (tertiary alicyclic amines) is 1. The molecule has 0 radical (unpaired) electrons. The number of hydrogen-bond acceptors (Lipinski definition) is 4. The normalized spacial score (nSPS) is 17.7. The van der Waals surface area contributed by atoms with Gasteiger partial charge in [-0.3, -0.25) is 0 Å². The molecule has 1 aliphatic rings. The number of carbonyl (C=O) groups is 1. The number of rotatable bonds is 2. The van der Waals surface area contributed by atoms with Crippen LogP contribution in [0.25, 0.3) is 0 Å². The van der Waals surface area contributed by atoms with E-state index in [0.29, 0.717) is 5.56 Å². The maximum absolute atomic E-state index is 13.0. The van der Waals surface area contributed by atoms with Crippen LogP contribution in [0.1, 0.15) is 23.2 Å². The van der Waals surface area contributed by atoms with E-state index < -0.39 is 11.8 Å². The first-order valence-electron chi connectivity index (χ1n) is 5.94. The van der Waals surface area contributed by atoms with E-state index in [1.54, 1.807) is 0 Å². The molecule has 1 heterocycles. The van der Waals surface area contributed by atoms with E-state index in [9.17, 15) is 9.18 Å². The van der Waals surface area contributed by atoms with Crippen LogP contribution in [-0.2, 0) is 4.74 Å². The van der Waals surface area contributed by atoms with E-state index >= 15 is 0 Å². The van der Waals surface area contributed by atoms with Crippen molar-refractivity contribution in [3.05, 3.63) is 29.6 Å². The van der Waals surface area contributed by atoms with Gasteiger partial charge in [0.2, 0.25) is 0 Å². The van der Waals surface area contributed by atoms with Crippen LogP contribution in [0, 0.1) is 5.82 Å². The van der Waals surface area contributed by atoms with Crippen molar-refractivity contribution in [3.63, 3.8) is 0 Å². The van der Waals surface area contributed by atoms with E-state index in [1.165, 1.54) is 18.2 Å². The second kappa shape index (κ2) is 5.71. The topological polar surface area (TPSA) is 29.5 Å². The number of hydrogen-bond donors (Lipinski definition) is 1. The first-order chi connectivity index (χ1) is 8.56. The van der Waals surface area contributed by atoms with Crippen LogP contribution in [0.15, 0.2) is 23.1 Å². The van der Waals surface area contributed by atoms with Crippen molar-refractivity contribution in [2.75, 3.05) is 20.1 Å². The predicted molar refractivity (Wildman–Crippen MR) is 69.6 cm³/mol. The lowest BCUT2D eigenvalue weighted by molar-refractivity contribution is 0.0139. The Bertz CT molecular complexity index is 445. The number of thiol groups is 1. The lowest BCUT2D eigenvalue weighted by Crippen LogP contribution is -2.35. The summed E-state index contributed by atoms with van der Waals surface area (Å²) in [5, 5.41) is 0. The summed E-state index contributed by atoms with van der Waals surface area (Å²) in [7, 11) is 2.05. The summed E-state index contributed by atoms with van der Waals surface area (Å²) < 4.78 is 18.4. The van der Waals surface area contributed by atoms with Crippen molar-refractivity contribution in [2.24, 2.45) is 0 Å². The van der Waals surface area contributed by atoms with Gasteiger partial charge in [-0.2, -0.15) is 0 Å². The molecule has 18 heavy (non-hydrogen) atoms. The number of carbonyl (C=O) groups excluding carboxylic acids is 1. The third kappa shape index (κ3) is 3.23. The summed E-state index contributed by atoms with van der Waals surface area (Å²) >= 11 is 3.95. The molecule has 3 nitrogen and oxygen atoms in total. The zero-order valence-electron chi connectivity index (χ0n) is 10.2. The van der Waals surface area contributed by atoms with E-state index in [2.05, 4.69) is 17.5 Å². The number of esters is 1. The van der Waals surface area contributed by atoms with Gasteiger partial charge in [-0.05, 0) is 38.1 Å². The van der Waals surface area contributed by atoms with Crippen LogP contribution < -0.4 is 0 Å². The molecule has 0 aromatic heterocycles. The molecular weight excluding hydrogens is 253 g/mol. The van der Waals surface area contributed by atoms with Crippen molar-refractivity contribution in [3.8, 4) is 0 Å². The van der Waals surface area contributed by atoms with Crippen molar-refractivity contribution in [2.45, 2.75) is 23.8 Å². The molecule has 0 amide bonds. The van der Waals surface area contributed by atoms with Crippen molar-refractivity contribution in [1.29, 1.82) is 0 Å². The third-order valence-electron chi connectivity index (χ3n) is 3.12. The highest BCUT2D eigenvalue weighted by atomic mass is 32.1. The molecule has 1 fully saturated rings. The Morgan fingerprint density at radius 3 is 2.72 bits per heavy atom. The van der Waals surface area contributed by atoms with Crippen LogP contribution in [0.3, 0.4) is 0 Å². The predicted octanol–water partition coefficient (Wildman–Crippen LogP) is 2.37. The van der Waals surface area contributed by atoms with Gasteiger partial charge in [0.05, 0.1) is 5.56 Å². The minimum atomic E-state index is -0.436. The van der Waals surface area contributed by atoms with Gasteiger partial charge in [0.15, 0.2) is 0 Å². The van der Waals surface area contributed by atoms with Gasteiger partial charge >= 0.3 is 5.97 Å². The lowest BCUT2D eigenvalue weighted by Gasteiger charge is -2.28. The Morgan fingerprint density at radius 2 is 2.11 bits per heavy atom. The first kappa shape index (κ1) is 13.4. The molecule has 0 spiro atoms. The van der Waals surface area contributed by atoms with Gasteiger partial charge in [0.1, 0.15) is 11.9 Å². The Morgan fingerprint density at radius 1 is 1.44 bits per heavy atom. The fourth-order valence-corrected chi connectivity index (χ4v) is 2.18. The summed E-state index contributed by atoms with van der Waals surface area (Å²) in [6, 6.07) is 4.05. The largest absolute Gasteiger partial charge is 0.459 e. The van der Waals surface area contributed by atoms with Crippen molar-refractivity contribution < 1.29 is 13.9 Å². The van der Waals surface area contributed by atoms with Crippen LogP contribution in [-0.4, -0.2) is 37.1 Å². The summed E-state index contributed by atoms with van der Waals surface area (Å²) in [6.07, 6.45) is 1.65. The Balaban J connectivity index is 1.97. The molecule has 1 aromatic rings. The fraction of sp³-hybridized carbons (Fsp3) is 0.462. The molecule has 2 rings (SSSR count). The molecule has 1 aliphatic heterocycles. The summed E-state index contributed by atoms with van der Waals surface area (Å²) in [5.74, 6) is -0.839. The molecule has 0 N–H and O–H groups in total. The van der Waals surface area contributed by atoms with Gasteiger partial charge in [0, 0.05) is 18.0 Å². The maximum atomic E-state index is 13.0. The van der Waals surface area contributed by atoms with Crippen LogP contribution >= 0.6 is 12.6 Å². The van der Waals surface area contributed by atoms with Gasteiger partial charge in [-0.1, -0.05) is 0 Å². The molecule has 98 valence electrons. The van der Waals surface area contributed by atoms with E-state index in [1.807, 2.05) is 7.05 Å². The van der Waals surface area contributed by atoms with Gasteiger partial charge in [0.25, 0.3) is 0 Å². The summed E-state index contributed by atoms with van der Waals surface area (Å²) in [4.78, 5) is 14.2. The minimum Gasteiger partial charge on any atom is -0.459 e. The molecule has 5 heteroatoms. The summed E-state index contributed by atoms with van der Waals surface area (Å²) in [5.41, 5.74) is 0.348. The molecule has 1 saturated heterocycles. The van der Waals surface area contributed by atoms with E-state index in [0.717, 1.165) is 25.9 Å². The van der Waals surface area contributed by atoms with Crippen LogP contribution in [0.4, 0.5) is 4.39 Å². The monoisotopic (exact) mass is 269 g/mol. The third-order valence-corrected chi connectivity index (χ3v) is 3.46. The summed E-state index contributed by atoms with van der Waals surface area (Å²) in [6.45, 7) is 1.86. The SMILES string of the molecule is CN1CCC(OC(=O)c2ccc(F)c(S)c2)CC1. The molecule has 1 aromatic carbocycles. The minimum absolute atomic E-state index is 0.0397. The number of piperidine rings is 1. The Labute approximate surface area is 111 Å². The number of ether oxygens (including phenoxy) is 1. The molecule has 0 unspecified atom stereocenters. The average Bonchev–Trinajstić information content (AvgIpc) is 2.35. The van der Waals surface area contributed by atoms with Gasteiger partial charge < -0.3 is 9.64 Å². The standard InChI is InChI=1S/C13H16FNO2S/c1-15-6-4-10(5-7-15)17-13(16)9-2-3-11(14)12(18)8-9/h2-3,8,10,18H,4-7H2,1H3. The van der Waals surface area contributed by atoms with Crippen molar-refractivity contribution in [1.82, 2.24) is 4.90 Å². The van der Waals surface area contributed by atoms with Gasteiger partial charge in [-0.15, -0.1) is 12.6 Å². The zero-order valence-corrected chi connectivity index (χ0v) is 11.1. The van der Waals surface area contributed by atoms with Crippen LogP contribution in [0.2, 0.25) is 0 Å². The van der Waals surface area contributed by atoms with Crippen molar-refractivity contribution >= 4 is 18.6 Å². The molecule has 0 aliphatic carbocycles. The fourth-order valence-electron chi connectivity index (χ4n) is 1.96. The van der Waals surface area contributed by atoms with Crippen LogP contribution in [0.5, 0.6) is 0 Å². The van der Waals surface area contributed by atoms with E-state index in [4.69, 9.17) is 4.74 Å². The lowest BCUT2D eigenvalue weighted by atomic mass is 10.1. The Kier molecular flexibility index (Phi) is 4.24.